The molecule has 21 heavy (non-hydrogen) atoms. The van der Waals surface area contributed by atoms with Crippen molar-refractivity contribution in [1.82, 2.24) is 14.4 Å². The summed E-state index contributed by atoms with van der Waals surface area (Å²) in [6.07, 6.45) is -4.44. The molecular weight excluding hydrogens is 306 g/mol. The Morgan fingerprint density at radius 2 is 1.52 bits per heavy atom. The van der Waals surface area contributed by atoms with Crippen molar-refractivity contribution in [2.24, 2.45) is 0 Å². The summed E-state index contributed by atoms with van der Waals surface area (Å²) in [6.45, 7) is 2.62. The van der Waals surface area contributed by atoms with Crippen molar-refractivity contribution in [2.45, 2.75) is 6.18 Å². The molecule has 0 bridgehead atoms. The maximum absolute atomic E-state index is 12.7. The molecular formula is C12H13F3N3O2P. The molecule has 0 atom stereocenters. The van der Waals surface area contributed by atoms with Crippen molar-refractivity contribution in [1.29, 1.82) is 0 Å². The Morgan fingerprint density at radius 3 is 1.90 bits per heavy atom. The van der Waals surface area contributed by atoms with Crippen LogP contribution in [0.3, 0.4) is 0 Å². The highest BCUT2D eigenvalue weighted by Crippen LogP contribution is 2.56. The minimum Gasteiger partial charge on any atom is -0.279 e. The van der Waals surface area contributed by atoms with E-state index >= 15 is 0 Å². The van der Waals surface area contributed by atoms with E-state index in [0.717, 1.165) is 24.3 Å². The molecule has 1 N–H and O–H groups in total. The van der Waals surface area contributed by atoms with E-state index in [1.807, 2.05) is 0 Å². The molecule has 3 rings (SSSR count). The van der Waals surface area contributed by atoms with Gasteiger partial charge in [-0.15, -0.1) is 0 Å². The van der Waals surface area contributed by atoms with Gasteiger partial charge in [-0.25, -0.2) is 9.34 Å². The number of alkyl halides is 3. The van der Waals surface area contributed by atoms with Gasteiger partial charge in [-0.1, -0.05) is 0 Å². The first kappa shape index (κ1) is 14.6. The number of benzene rings is 1. The second kappa shape index (κ2) is 4.83. The first-order valence-electron chi connectivity index (χ1n) is 6.41. The second-order valence-electron chi connectivity index (χ2n) is 4.97. The van der Waals surface area contributed by atoms with Gasteiger partial charge in [0.15, 0.2) is 0 Å². The van der Waals surface area contributed by atoms with E-state index in [2.05, 4.69) is 5.09 Å². The molecule has 2 heterocycles. The van der Waals surface area contributed by atoms with Gasteiger partial charge in [-0.3, -0.25) is 14.4 Å². The van der Waals surface area contributed by atoms with Gasteiger partial charge in [0.1, 0.15) is 0 Å². The zero-order chi connectivity index (χ0) is 15.3. The standard InChI is InChI=1S/C12H13F3N3O2P/c13-12(14,15)10-3-1-9(2-4-10)11(19)16-21(20,17-5-6-17)18-7-8-18/h1-4H,5-8H2,(H,16,19,20). The third-order valence-corrected chi connectivity index (χ3v) is 6.16. The van der Waals surface area contributed by atoms with Gasteiger partial charge >= 0.3 is 13.8 Å². The summed E-state index contributed by atoms with van der Waals surface area (Å²) >= 11 is 0. The molecule has 1 aromatic carbocycles. The summed E-state index contributed by atoms with van der Waals surface area (Å²) in [7, 11) is -3.06. The average Bonchev–Trinajstić information content (AvgIpc) is 3.30. The maximum Gasteiger partial charge on any atom is 0.416 e. The van der Waals surface area contributed by atoms with Gasteiger partial charge in [0.2, 0.25) is 0 Å². The number of hydrogen-bond acceptors (Lipinski definition) is 2. The van der Waals surface area contributed by atoms with E-state index < -0.39 is 25.2 Å². The normalized spacial score (nSPS) is 19.4. The zero-order valence-electron chi connectivity index (χ0n) is 10.9. The van der Waals surface area contributed by atoms with Crippen LogP contribution in [0.1, 0.15) is 15.9 Å². The second-order valence-corrected chi connectivity index (χ2v) is 7.41. The number of amides is 1. The molecule has 2 aliphatic rings. The molecule has 0 radical (unpaired) electrons. The van der Waals surface area contributed by atoms with Crippen molar-refractivity contribution in [2.75, 3.05) is 26.2 Å². The summed E-state index contributed by atoms with van der Waals surface area (Å²) in [5.41, 5.74) is -0.758. The molecule has 9 heteroatoms. The van der Waals surface area contributed by atoms with Crippen LogP contribution in [0.15, 0.2) is 24.3 Å². The lowest BCUT2D eigenvalue weighted by molar-refractivity contribution is -0.137. The molecule has 2 saturated heterocycles. The van der Waals surface area contributed by atoms with E-state index in [-0.39, 0.29) is 5.56 Å². The lowest BCUT2D eigenvalue weighted by atomic mass is 10.1. The number of carbonyl (C=O) groups excluding carboxylic acids is 1. The van der Waals surface area contributed by atoms with Gasteiger partial charge in [0.05, 0.1) is 5.56 Å². The van der Waals surface area contributed by atoms with Crippen LogP contribution in [0.5, 0.6) is 0 Å². The molecule has 5 nitrogen and oxygen atoms in total. The largest absolute Gasteiger partial charge is 0.416 e. The first-order valence-corrected chi connectivity index (χ1v) is 8.03. The minimum atomic E-state index is -4.44. The van der Waals surface area contributed by atoms with Gasteiger partial charge in [-0.05, 0) is 24.3 Å². The Bertz CT molecular complexity index is 593. The number of rotatable bonds is 4. The third-order valence-electron chi connectivity index (χ3n) is 3.34. The Kier molecular flexibility index (Phi) is 3.35. The van der Waals surface area contributed by atoms with Crippen LogP contribution in [0.25, 0.3) is 0 Å². The first-order chi connectivity index (χ1) is 9.80. The van der Waals surface area contributed by atoms with E-state index in [9.17, 15) is 22.5 Å². The number of carbonyl (C=O) groups is 1. The molecule has 0 aliphatic carbocycles. The van der Waals surface area contributed by atoms with Crippen molar-refractivity contribution in [3.8, 4) is 0 Å². The topological polar surface area (TPSA) is 52.2 Å². The number of nitrogens with zero attached hydrogens (tertiary/aromatic N) is 2. The van der Waals surface area contributed by atoms with Crippen LogP contribution in [-0.4, -0.2) is 41.4 Å². The Balaban J connectivity index is 1.74. The smallest absolute Gasteiger partial charge is 0.279 e. The highest BCUT2D eigenvalue weighted by Gasteiger charge is 2.49. The summed E-state index contributed by atoms with van der Waals surface area (Å²) in [6, 6.07) is 3.86. The van der Waals surface area contributed by atoms with Crippen LogP contribution >= 0.6 is 7.59 Å². The summed E-state index contributed by atoms with van der Waals surface area (Å²) < 4.78 is 53.4. The fourth-order valence-electron chi connectivity index (χ4n) is 1.96. The van der Waals surface area contributed by atoms with Gasteiger partial charge in [0, 0.05) is 31.7 Å². The molecule has 1 aromatic rings. The highest BCUT2D eigenvalue weighted by molar-refractivity contribution is 7.58. The average molecular weight is 319 g/mol. The third kappa shape index (κ3) is 2.97. The monoisotopic (exact) mass is 319 g/mol. The summed E-state index contributed by atoms with van der Waals surface area (Å²) in [5.74, 6) is -0.620. The predicted octanol–water partition coefficient (Wildman–Crippen LogP) is 2.17. The van der Waals surface area contributed by atoms with E-state index in [1.165, 1.54) is 0 Å². The highest BCUT2D eigenvalue weighted by atomic mass is 31.2. The van der Waals surface area contributed by atoms with Gasteiger partial charge in [0.25, 0.3) is 5.91 Å². The van der Waals surface area contributed by atoms with Crippen LogP contribution < -0.4 is 5.09 Å². The van der Waals surface area contributed by atoms with Crippen LogP contribution in [-0.2, 0) is 10.7 Å². The molecule has 0 aromatic heterocycles. The van der Waals surface area contributed by atoms with Crippen molar-refractivity contribution in [3.05, 3.63) is 35.4 Å². The van der Waals surface area contributed by atoms with Gasteiger partial charge < -0.3 is 0 Å². The molecule has 0 saturated carbocycles. The molecule has 2 fully saturated rings. The summed E-state index contributed by atoms with van der Waals surface area (Å²) in [4.78, 5) is 12.1. The van der Waals surface area contributed by atoms with E-state index in [1.54, 1.807) is 9.34 Å². The van der Waals surface area contributed by atoms with Gasteiger partial charge in [-0.2, -0.15) is 13.2 Å². The van der Waals surface area contributed by atoms with Crippen LogP contribution in [0.4, 0.5) is 13.2 Å². The molecule has 2 aliphatic heterocycles. The molecule has 1 amide bonds. The number of halogens is 3. The molecule has 0 spiro atoms. The van der Waals surface area contributed by atoms with E-state index in [4.69, 9.17) is 0 Å². The quantitative estimate of drug-likeness (QED) is 0.683. The summed E-state index contributed by atoms with van der Waals surface area (Å²) in [5, 5.41) is 2.48. The Hall–Kier alpha value is -1.37. The minimum absolute atomic E-state index is 0.0620. The van der Waals surface area contributed by atoms with Crippen LogP contribution in [0.2, 0.25) is 0 Å². The Labute approximate surface area is 119 Å². The number of hydrogen-bond donors (Lipinski definition) is 1. The van der Waals surface area contributed by atoms with Crippen molar-refractivity contribution in [3.63, 3.8) is 0 Å². The maximum atomic E-state index is 12.7. The van der Waals surface area contributed by atoms with Crippen molar-refractivity contribution < 1.29 is 22.5 Å². The fourth-order valence-corrected chi connectivity index (χ4v) is 4.26. The molecule has 0 unspecified atom stereocenters. The Morgan fingerprint density at radius 1 is 1.05 bits per heavy atom. The molecule has 114 valence electrons. The van der Waals surface area contributed by atoms with Crippen LogP contribution in [0, 0.1) is 0 Å². The predicted molar refractivity (Wildman–Crippen MR) is 69.7 cm³/mol. The SMILES string of the molecule is O=C(NP(=O)(N1CC1)N1CC1)c1ccc(C(F)(F)F)cc1. The van der Waals surface area contributed by atoms with Crippen molar-refractivity contribution >= 4 is 13.5 Å². The zero-order valence-corrected chi connectivity index (χ0v) is 11.8. The lowest BCUT2D eigenvalue weighted by Gasteiger charge is -2.20. The van der Waals surface area contributed by atoms with E-state index in [0.29, 0.717) is 26.2 Å². The fraction of sp³-hybridized carbons (Fsp3) is 0.417. The number of nitrogens with one attached hydrogen (secondary N) is 1. The lowest BCUT2D eigenvalue weighted by Crippen LogP contribution is -2.27.